The minimum atomic E-state index is -2.41. The Morgan fingerprint density at radius 1 is 1.08 bits per heavy atom. The number of rotatable bonds is 0. The van der Waals surface area contributed by atoms with Gasteiger partial charge in [-0.1, -0.05) is 20.8 Å². The van der Waals surface area contributed by atoms with E-state index in [1.165, 1.54) is 0 Å². The number of halogens is 2. The highest BCUT2D eigenvalue weighted by molar-refractivity contribution is 4.83. The van der Waals surface area contributed by atoms with Gasteiger partial charge in [0.1, 0.15) is 0 Å². The number of hydrogen-bond donors (Lipinski definition) is 0. The van der Waals surface area contributed by atoms with E-state index in [1.807, 2.05) is 6.92 Å². The predicted molar refractivity (Wildman–Crippen MR) is 46.4 cm³/mol. The van der Waals surface area contributed by atoms with Crippen molar-refractivity contribution in [3.05, 3.63) is 0 Å². The molecular formula is C10H18F2. The molecule has 2 heteroatoms. The highest BCUT2D eigenvalue weighted by Crippen LogP contribution is 2.43. The molecule has 0 aliphatic heterocycles. The van der Waals surface area contributed by atoms with Crippen molar-refractivity contribution in [1.29, 1.82) is 0 Å². The van der Waals surface area contributed by atoms with Crippen LogP contribution < -0.4 is 0 Å². The quantitative estimate of drug-likeness (QED) is 0.492. The summed E-state index contributed by atoms with van der Waals surface area (Å²) in [5.41, 5.74) is 0.110. The van der Waals surface area contributed by atoms with Gasteiger partial charge in [-0.05, 0) is 24.2 Å². The lowest BCUT2D eigenvalue weighted by Crippen LogP contribution is -2.16. The summed E-state index contributed by atoms with van der Waals surface area (Å²) in [6.07, 6.45) is 1.74. The molecule has 0 aromatic rings. The molecule has 12 heavy (non-hydrogen) atoms. The maximum absolute atomic E-state index is 13.1. The molecule has 0 bridgehead atoms. The highest BCUT2D eigenvalue weighted by Gasteiger charge is 2.38. The van der Waals surface area contributed by atoms with Crippen molar-refractivity contribution >= 4 is 0 Å². The Morgan fingerprint density at radius 3 is 2.25 bits per heavy atom. The lowest BCUT2D eigenvalue weighted by molar-refractivity contribution is -0.0242. The highest BCUT2D eigenvalue weighted by atomic mass is 19.3. The predicted octanol–water partition coefficient (Wildman–Crippen LogP) is 3.86. The molecule has 0 N–H and O–H groups in total. The van der Waals surface area contributed by atoms with Gasteiger partial charge in [-0.15, -0.1) is 0 Å². The molecule has 1 aliphatic carbocycles. The first kappa shape index (κ1) is 9.94. The summed E-state index contributed by atoms with van der Waals surface area (Å²) in [4.78, 5) is 0. The van der Waals surface area contributed by atoms with Crippen LogP contribution in [-0.2, 0) is 0 Å². The fraction of sp³-hybridized carbons (Fsp3) is 1.00. The summed E-state index contributed by atoms with van der Waals surface area (Å²) in [6, 6.07) is 0. The van der Waals surface area contributed by atoms with Crippen molar-refractivity contribution in [2.75, 3.05) is 0 Å². The minimum Gasteiger partial charge on any atom is -0.207 e. The van der Waals surface area contributed by atoms with Crippen LogP contribution in [-0.4, -0.2) is 5.92 Å². The first-order valence-corrected chi connectivity index (χ1v) is 4.69. The first-order chi connectivity index (χ1) is 5.31. The van der Waals surface area contributed by atoms with Gasteiger partial charge in [0.05, 0.1) is 0 Å². The zero-order valence-electron chi connectivity index (χ0n) is 8.16. The van der Waals surface area contributed by atoms with E-state index < -0.39 is 5.92 Å². The van der Waals surface area contributed by atoms with Crippen LogP contribution in [0.25, 0.3) is 0 Å². The van der Waals surface area contributed by atoms with Crippen molar-refractivity contribution in [2.45, 2.75) is 52.4 Å². The van der Waals surface area contributed by atoms with E-state index in [-0.39, 0.29) is 24.2 Å². The van der Waals surface area contributed by atoms with Gasteiger partial charge in [0.25, 0.3) is 0 Å². The molecule has 0 spiro atoms. The molecule has 0 nitrogen and oxygen atoms in total. The zero-order chi connectivity index (χ0) is 9.41. The van der Waals surface area contributed by atoms with Crippen LogP contribution in [0, 0.1) is 11.3 Å². The fourth-order valence-electron chi connectivity index (χ4n) is 2.25. The number of hydrogen-bond acceptors (Lipinski definition) is 0. The smallest absolute Gasteiger partial charge is 0.207 e. The Labute approximate surface area is 73.3 Å². The summed E-state index contributed by atoms with van der Waals surface area (Å²) < 4.78 is 26.1. The molecule has 0 saturated heterocycles. The third kappa shape index (κ3) is 2.72. The van der Waals surface area contributed by atoms with Crippen LogP contribution in [0.15, 0.2) is 0 Å². The van der Waals surface area contributed by atoms with Gasteiger partial charge in [0.2, 0.25) is 5.92 Å². The molecule has 0 amide bonds. The third-order valence-electron chi connectivity index (χ3n) is 2.72. The molecule has 1 saturated carbocycles. The Balaban J connectivity index is 2.66. The Bertz CT molecular complexity index is 143. The van der Waals surface area contributed by atoms with Crippen LogP contribution in [0.4, 0.5) is 8.78 Å². The normalized spacial score (nSPS) is 34.2. The molecule has 0 aromatic carbocycles. The minimum absolute atomic E-state index is 0.0737. The average molecular weight is 176 g/mol. The maximum atomic E-state index is 13.1. The largest absolute Gasteiger partial charge is 0.248 e. The van der Waals surface area contributed by atoms with E-state index in [0.29, 0.717) is 6.42 Å². The van der Waals surface area contributed by atoms with Crippen LogP contribution in [0.2, 0.25) is 0 Å². The van der Waals surface area contributed by atoms with E-state index >= 15 is 0 Å². The van der Waals surface area contributed by atoms with Gasteiger partial charge in [0.15, 0.2) is 0 Å². The Kier molecular flexibility index (Phi) is 2.46. The standard InChI is InChI=1S/C10H18F2/c1-8-6-9(2,3)4-5-10(11,12)7-8/h8H,4-7H2,1-3H3. The summed E-state index contributed by atoms with van der Waals surface area (Å²) in [5.74, 6) is -2.25. The molecule has 1 atom stereocenters. The Hall–Kier alpha value is -0.140. The zero-order valence-corrected chi connectivity index (χ0v) is 8.16. The topological polar surface area (TPSA) is 0 Å². The molecule has 1 unspecified atom stereocenters. The van der Waals surface area contributed by atoms with Crippen molar-refractivity contribution in [3.8, 4) is 0 Å². The van der Waals surface area contributed by atoms with Gasteiger partial charge in [-0.2, -0.15) is 0 Å². The lowest BCUT2D eigenvalue weighted by atomic mass is 9.82. The van der Waals surface area contributed by atoms with Crippen LogP contribution in [0.1, 0.15) is 46.5 Å². The van der Waals surface area contributed by atoms with E-state index in [2.05, 4.69) is 13.8 Å². The summed E-state index contributed by atoms with van der Waals surface area (Å²) in [5, 5.41) is 0. The molecule has 0 heterocycles. The van der Waals surface area contributed by atoms with E-state index in [0.717, 1.165) is 6.42 Å². The average Bonchev–Trinajstić information content (AvgIpc) is 1.87. The van der Waals surface area contributed by atoms with Gasteiger partial charge in [0, 0.05) is 12.8 Å². The molecule has 1 rings (SSSR count). The monoisotopic (exact) mass is 176 g/mol. The molecule has 1 aliphatic rings. The van der Waals surface area contributed by atoms with Crippen molar-refractivity contribution in [3.63, 3.8) is 0 Å². The SMILES string of the molecule is CC1CC(C)(C)CCC(F)(F)C1. The van der Waals surface area contributed by atoms with Gasteiger partial charge >= 0.3 is 0 Å². The van der Waals surface area contributed by atoms with Crippen LogP contribution >= 0.6 is 0 Å². The maximum Gasteiger partial charge on any atom is 0.248 e. The molecular weight excluding hydrogens is 158 g/mol. The van der Waals surface area contributed by atoms with Crippen LogP contribution in [0.5, 0.6) is 0 Å². The molecule has 0 aromatic heterocycles. The summed E-state index contributed by atoms with van der Waals surface area (Å²) in [6.45, 7) is 6.11. The van der Waals surface area contributed by atoms with Crippen molar-refractivity contribution in [2.24, 2.45) is 11.3 Å². The second-order valence-electron chi connectivity index (χ2n) is 5.03. The first-order valence-electron chi connectivity index (χ1n) is 4.69. The van der Waals surface area contributed by atoms with Crippen molar-refractivity contribution < 1.29 is 8.78 Å². The lowest BCUT2D eigenvalue weighted by Gasteiger charge is -2.23. The fourth-order valence-corrected chi connectivity index (χ4v) is 2.25. The second-order valence-corrected chi connectivity index (χ2v) is 5.03. The Morgan fingerprint density at radius 2 is 1.67 bits per heavy atom. The molecule has 72 valence electrons. The van der Waals surface area contributed by atoms with Crippen molar-refractivity contribution in [1.82, 2.24) is 0 Å². The van der Waals surface area contributed by atoms with Gasteiger partial charge in [-0.3, -0.25) is 0 Å². The van der Waals surface area contributed by atoms with Gasteiger partial charge in [-0.25, -0.2) is 8.78 Å². The third-order valence-corrected chi connectivity index (χ3v) is 2.72. The summed E-state index contributed by atoms with van der Waals surface area (Å²) >= 11 is 0. The van der Waals surface area contributed by atoms with Crippen LogP contribution in [0.3, 0.4) is 0 Å². The molecule has 1 fully saturated rings. The van der Waals surface area contributed by atoms with E-state index in [9.17, 15) is 8.78 Å². The van der Waals surface area contributed by atoms with Gasteiger partial charge < -0.3 is 0 Å². The molecule has 0 radical (unpaired) electrons. The summed E-state index contributed by atoms with van der Waals surface area (Å²) in [7, 11) is 0. The van der Waals surface area contributed by atoms with E-state index in [1.54, 1.807) is 0 Å². The number of alkyl halides is 2. The van der Waals surface area contributed by atoms with E-state index in [4.69, 9.17) is 0 Å². The second kappa shape index (κ2) is 2.97.